The topological polar surface area (TPSA) is 121 Å². The van der Waals surface area contributed by atoms with Gasteiger partial charge in [0.05, 0.1) is 29.8 Å². The number of ether oxygens (including phenoxy) is 1. The average Bonchev–Trinajstić information content (AvgIpc) is 2.58. The molecule has 1 aromatic heterocycles. The van der Waals surface area contributed by atoms with Crippen LogP contribution in [0.3, 0.4) is 0 Å². The van der Waals surface area contributed by atoms with Gasteiger partial charge in [0, 0.05) is 24.4 Å². The third-order valence-electron chi connectivity index (χ3n) is 3.36. The molecule has 2 aromatic rings. The molecule has 0 spiro atoms. The van der Waals surface area contributed by atoms with Crippen molar-refractivity contribution < 1.29 is 23.1 Å². The molecule has 1 heterocycles. The number of sulfonamides is 1. The molecule has 0 atom stereocenters. The predicted molar refractivity (Wildman–Crippen MR) is 90.8 cm³/mol. The first-order chi connectivity index (χ1) is 11.7. The highest BCUT2D eigenvalue weighted by molar-refractivity contribution is 7.92. The summed E-state index contributed by atoms with van der Waals surface area (Å²) in [6, 6.07) is 8.08. The third-order valence-corrected chi connectivity index (χ3v) is 4.56. The van der Waals surface area contributed by atoms with Crippen LogP contribution in [-0.4, -0.2) is 44.4 Å². The molecule has 0 aliphatic carbocycles. The number of anilines is 1. The van der Waals surface area contributed by atoms with E-state index >= 15 is 0 Å². The average molecular weight is 361 g/mol. The van der Waals surface area contributed by atoms with E-state index in [-0.39, 0.29) is 5.75 Å². The van der Waals surface area contributed by atoms with Gasteiger partial charge in [-0.2, -0.15) is 5.26 Å². The van der Waals surface area contributed by atoms with Gasteiger partial charge in [-0.05, 0) is 24.3 Å². The molecule has 1 aromatic carbocycles. The lowest BCUT2D eigenvalue weighted by Gasteiger charge is -2.17. The Bertz CT molecular complexity index is 950. The highest BCUT2D eigenvalue weighted by Crippen LogP contribution is 2.32. The minimum absolute atomic E-state index is 0.252. The van der Waals surface area contributed by atoms with Crippen molar-refractivity contribution in [2.45, 2.75) is 0 Å². The Morgan fingerprint density at radius 2 is 2.08 bits per heavy atom. The summed E-state index contributed by atoms with van der Waals surface area (Å²) in [5.41, 5.74) is 1.60. The van der Waals surface area contributed by atoms with Crippen LogP contribution in [0.2, 0.25) is 0 Å². The van der Waals surface area contributed by atoms with E-state index in [1.54, 1.807) is 6.07 Å². The number of nitrogens with zero attached hydrogens (tertiary/aromatic N) is 3. The van der Waals surface area contributed by atoms with E-state index in [1.165, 1.54) is 37.6 Å². The Labute approximate surface area is 145 Å². The molecule has 0 amide bonds. The molecule has 0 saturated heterocycles. The first kappa shape index (κ1) is 18.2. The second-order valence-electron chi connectivity index (χ2n) is 5.17. The molecule has 0 aliphatic heterocycles. The van der Waals surface area contributed by atoms with Gasteiger partial charge in [0.1, 0.15) is 5.75 Å². The SMILES string of the molecule is CN(c1cncc(-c2cc(C#N)ccc2OCC(=O)O)c1)S(C)(=O)=O. The van der Waals surface area contributed by atoms with Gasteiger partial charge in [-0.3, -0.25) is 9.29 Å². The van der Waals surface area contributed by atoms with Gasteiger partial charge in [0.25, 0.3) is 0 Å². The minimum atomic E-state index is -3.47. The number of carboxylic acids is 1. The highest BCUT2D eigenvalue weighted by Gasteiger charge is 2.15. The Morgan fingerprint density at radius 3 is 2.68 bits per heavy atom. The Balaban J connectivity index is 2.53. The van der Waals surface area contributed by atoms with Gasteiger partial charge in [-0.1, -0.05) is 0 Å². The van der Waals surface area contributed by atoms with Crippen molar-refractivity contribution in [1.29, 1.82) is 5.26 Å². The molecule has 2 rings (SSSR count). The molecule has 25 heavy (non-hydrogen) atoms. The smallest absolute Gasteiger partial charge is 0.341 e. The molecular formula is C16H15N3O5S. The fraction of sp³-hybridized carbons (Fsp3) is 0.188. The van der Waals surface area contributed by atoms with E-state index in [2.05, 4.69) is 4.98 Å². The van der Waals surface area contributed by atoms with E-state index in [0.717, 1.165) is 10.6 Å². The van der Waals surface area contributed by atoms with E-state index in [9.17, 15) is 13.2 Å². The minimum Gasteiger partial charge on any atom is -0.481 e. The normalized spacial score (nSPS) is 10.8. The van der Waals surface area contributed by atoms with Crippen LogP contribution in [0.1, 0.15) is 5.56 Å². The van der Waals surface area contributed by atoms with Crippen LogP contribution < -0.4 is 9.04 Å². The van der Waals surface area contributed by atoms with Crippen molar-refractivity contribution in [3.05, 3.63) is 42.2 Å². The molecule has 1 N–H and O–H groups in total. The highest BCUT2D eigenvalue weighted by atomic mass is 32.2. The number of carbonyl (C=O) groups is 1. The lowest BCUT2D eigenvalue weighted by molar-refractivity contribution is -0.139. The molecule has 0 unspecified atom stereocenters. The van der Waals surface area contributed by atoms with E-state index in [1.807, 2.05) is 6.07 Å². The predicted octanol–water partition coefficient (Wildman–Crippen LogP) is 1.48. The molecule has 9 heteroatoms. The van der Waals surface area contributed by atoms with Crippen LogP contribution in [-0.2, 0) is 14.8 Å². The van der Waals surface area contributed by atoms with Crippen molar-refractivity contribution in [3.63, 3.8) is 0 Å². The van der Waals surface area contributed by atoms with Gasteiger partial charge in [0.15, 0.2) is 6.61 Å². The number of pyridine rings is 1. The van der Waals surface area contributed by atoms with Crippen LogP contribution in [0, 0.1) is 11.3 Å². The summed E-state index contributed by atoms with van der Waals surface area (Å²) in [6.45, 7) is -0.546. The Kier molecular flexibility index (Phi) is 5.24. The van der Waals surface area contributed by atoms with Crippen LogP contribution in [0.15, 0.2) is 36.7 Å². The number of carboxylic acid groups (broad SMARTS) is 1. The van der Waals surface area contributed by atoms with E-state index in [0.29, 0.717) is 22.4 Å². The quantitative estimate of drug-likeness (QED) is 0.827. The summed E-state index contributed by atoms with van der Waals surface area (Å²) < 4.78 is 29.7. The maximum absolute atomic E-state index is 11.7. The molecule has 0 radical (unpaired) electrons. The van der Waals surface area contributed by atoms with Gasteiger partial charge < -0.3 is 9.84 Å². The van der Waals surface area contributed by atoms with Crippen molar-refractivity contribution in [1.82, 2.24) is 4.98 Å². The fourth-order valence-electron chi connectivity index (χ4n) is 2.03. The maximum Gasteiger partial charge on any atom is 0.341 e. The number of hydrogen-bond donors (Lipinski definition) is 1. The summed E-state index contributed by atoms with van der Waals surface area (Å²) in [6.07, 6.45) is 3.93. The summed E-state index contributed by atoms with van der Waals surface area (Å²) in [5.74, 6) is -0.888. The van der Waals surface area contributed by atoms with Crippen molar-refractivity contribution in [3.8, 4) is 22.9 Å². The molecule has 130 valence electrons. The number of aromatic nitrogens is 1. The fourth-order valence-corrected chi connectivity index (χ4v) is 2.51. The van der Waals surface area contributed by atoms with E-state index in [4.69, 9.17) is 15.1 Å². The lowest BCUT2D eigenvalue weighted by atomic mass is 10.0. The first-order valence-corrected chi connectivity index (χ1v) is 8.85. The van der Waals surface area contributed by atoms with Gasteiger partial charge in [-0.25, -0.2) is 13.2 Å². The van der Waals surface area contributed by atoms with Crippen molar-refractivity contribution >= 4 is 21.7 Å². The summed E-state index contributed by atoms with van der Waals surface area (Å²) >= 11 is 0. The van der Waals surface area contributed by atoms with Gasteiger partial charge >= 0.3 is 5.97 Å². The lowest BCUT2D eigenvalue weighted by Crippen LogP contribution is -2.24. The number of hydrogen-bond acceptors (Lipinski definition) is 6. The van der Waals surface area contributed by atoms with Crippen LogP contribution >= 0.6 is 0 Å². The zero-order valence-electron chi connectivity index (χ0n) is 13.5. The van der Waals surface area contributed by atoms with Crippen molar-refractivity contribution in [2.75, 3.05) is 24.2 Å². The number of rotatable bonds is 6. The molecule has 0 fully saturated rings. The molecular weight excluding hydrogens is 346 g/mol. The summed E-state index contributed by atoms with van der Waals surface area (Å²) in [4.78, 5) is 14.8. The van der Waals surface area contributed by atoms with Gasteiger partial charge in [0.2, 0.25) is 10.0 Å². The summed E-state index contributed by atoms with van der Waals surface area (Å²) in [5, 5.41) is 17.9. The van der Waals surface area contributed by atoms with E-state index < -0.39 is 22.6 Å². The van der Waals surface area contributed by atoms with Gasteiger partial charge in [-0.15, -0.1) is 0 Å². The second-order valence-corrected chi connectivity index (χ2v) is 7.18. The molecule has 0 saturated carbocycles. The number of aliphatic carboxylic acids is 1. The standard InChI is InChI=1S/C16H15N3O5S/c1-19(25(2,22)23)13-6-12(8-18-9-13)14-5-11(7-17)3-4-15(14)24-10-16(20)21/h3-6,8-9H,10H2,1-2H3,(H,20,21). The van der Waals surface area contributed by atoms with Crippen LogP contribution in [0.5, 0.6) is 5.75 Å². The Hall–Kier alpha value is -3.12. The molecule has 0 aliphatic rings. The first-order valence-electron chi connectivity index (χ1n) is 7.00. The maximum atomic E-state index is 11.7. The van der Waals surface area contributed by atoms with Crippen LogP contribution in [0.25, 0.3) is 11.1 Å². The Morgan fingerprint density at radius 1 is 1.36 bits per heavy atom. The number of benzene rings is 1. The van der Waals surface area contributed by atoms with Crippen molar-refractivity contribution in [2.24, 2.45) is 0 Å². The number of nitriles is 1. The van der Waals surface area contributed by atoms with Crippen LogP contribution in [0.4, 0.5) is 5.69 Å². The molecule has 8 nitrogen and oxygen atoms in total. The second kappa shape index (κ2) is 7.19. The zero-order chi connectivity index (χ0) is 18.6. The molecule has 0 bridgehead atoms. The largest absolute Gasteiger partial charge is 0.481 e. The zero-order valence-corrected chi connectivity index (χ0v) is 14.3. The monoisotopic (exact) mass is 361 g/mol. The third kappa shape index (κ3) is 4.45. The summed E-state index contributed by atoms with van der Waals surface area (Å²) in [7, 11) is -2.07.